The molecule has 2 aromatic rings. The second-order valence-electron chi connectivity index (χ2n) is 5.84. The van der Waals surface area contributed by atoms with E-state index >= 15 is 0 Å². The molecule has 0 saturated heterocycles. The highest BCUT2D eigenvalue weighted by Crippen LogP contribution is 2.23. The van der Waals surface area contributed by atoms with E-state index in [-0.39, 0.29) is 23.6 Å². The number of carbonyl (C=O) groups is 1. The molecule has 21 heavy (non-hydrogen) atoms. The van der Waals surface area contributed by atoms with Crippen molar-refractivity contribution in [1.29, 1.82) is 0 Å². The normalized spacial score (nSPS) is 18.1. The Morgan fingerprint density at radius 1 is 1.43 bits per heavy atom. The van der Waals surface area contributed by atoms with Gasteiger partial charge in [0.1, 0.15) is 5.82 Å². The van der Waals surface area contributed by atoms with Gasteiger partial charge in [0.15, 0.2) is 5.82 Å². The highest BCUT2D eigenvalue weighted by Gasteiger charge is 2.30. The largest absolute Gasteiger partial charge is 0.351 e. The molecule has 0 fully saturated rings. The van der Waals surface area contributed by atoms with Crippen molar-refractivity contribution >= 4 is 5.91 Å². The van der Waals surface area contributed by atoms with E-state index in [4.69, 9.17) is 4.52 Å². The van der Waals surface area contributed by atoms with E-state index in [2.05, 4.69) is 26.8 Å². The number of rotatable bonds is 2. The fraction of sp³-hybridized carbons (Fsp3) is 0.571. The minimum absolute atomic E-state index is 0.145. The van der Waals surface area contributed by atoms with E-state index in [0.717, 1.165) is 17.3 Å². The van der Waals surface area contributed by atoms with Crippen molar-refractivity contribution in [2.24, 2.45) is 0 Å². The van der Waals surface area contributed by atoms with Crippen molar-refractivity contribution in [2.75, 3.05) is 6.54 Å². The number of nitrogens with zero attached hydrogens (tertiary/aromatic N) is 5. The van der Waals surface area contributed by atoms with Crippen LogP contribution in [0.2, 0.25) is 0 Å². The van der Waals surface area contributed by atoms with E-state index in [1.165, 1.54) is 0 Å². The monoisotopic (exact) mass is 289 g/mol. The summed E-state index contributed by atoms with van der Waals surface area (Å²) in [6.07, 6.45) is 0. The third kappa shape index (κ3) is 2.32. The van der Waals surface area contributed by atoms with Crippen molar-refractivity contribution in [1.82, 2.24) is 24.8 Å². The van der Waals surface area contributed by atoms with E-state index in [1.807, 2.05) is 20.8 Å². The van der Waals surface area contributed by atoms with Gasteiger partial charge in [0.2, 0.25) is 5.76 Å². The van der Waals surface area contributed by atoms with Crippen LogP contribution in [0.5, 0.6) is 0 Å². The molecule has 0 aliphatic carbocycles. The Morgan fingerprint density at radius 3 is 2.86 bits per heavy atom. The number of aromatic nitrogens is 4. The maximum absolute atomic E-state index is 12.5. The van der Waals surface area contributed by atoms with Crippen LogP contribution in [0.1, 0.15) is 60.6 Å². The van der Waals surface area contributed by atoms with Gasteiger partial charge in [-0.1, -0.05) is 19.0 Å². The third-order valence-corrected chi connectivity index (χ3v) is 3.81. The SMILES string of the molecule is Cc1nnc2n1C(C)CN(C(=O)c1cc(C(C)C)no1)C2. The number of aryl methyl sites for hydroxylation is 1. The molecule has 0 N–H and O–H groups in total. The lowest BCUT2D eigenvalue weighted by atomic mass is 10.1. The average molecular weight is 289 g/mol. The highest BCUT2D eigenvalue weighted by molar-refractivity contribution is 5.91. The smallest absolute Gasteiger partial charge is 0.292 e. The van der Waals surface area contributed by atoms with Crippen LogP contribution in [-0.2, 0) is 6.54 Å². The van der Waals surface area contributed by atoms with Crippen molar-refractivity contribution in [3.63, 3.8) is 0 Å². The Kier molecular flexibility index (Phi) is 3.27. The van der Waals surface area contributed by atoms with Gasteiger partial charge in [0, 0.05) is 12.6 Å². The number of hydrogen-bond donors (Lipinski definition) is 0. The fourth-order valence-corrected chi connectivity index (χ4v) is 2.70. The predicted octanol–water partition coefficient (Wildman–Crippen LogP) is 1.91. The highest BCUT2D eigenvalue weighted by atomic mass is 16.5. The number of amides is 1. The number of fused-ring (bicyclic) bond motifs is 1. The third-order valence-electron chi connectivity index (χ3n) is 3.81. The summed E-state index contributed by atoms with van der Waals surface area (Å²) in [6, 6.07) is 1.88. The van der Waals surface area contributed by atoms with Crippen LogP contribution >= 0.6 is 0 Å². The zero-order chi connectivity index (χ0) is 15.1. The molecule has 1 aliphatic heterocycles. The van der Waals surface area contributed by atoms with Crippen LogP contribution in [-0.4, -0.2) is 37.3 Å². The van der Waals surface area contributed by atoms with Gasteiger partial charge in [-0.15, -0.1) is 10.2 Å². The lowest BCUT2D eigenvalue weighted by Gasteiger charge is -2.31. The van der Waals surface area contributed by atoms with Gasteiger partial charge in [-0.3, -0.25) is 4.79 Å². The van der Waals surface area contributed by atoms with E-state index in [1.54, 1.807) is 11.0 Å². The number of hydrogen-bond acceptors (Lipinski definition) is 5. The minimum atomic E-state index is -0.145. The zero-order valence-corrected chi connectivity index (χ0v) is 12.7. The van der Waals surface area contributed by atoms with Gasteiger partial charge < -0.3 is 14.0 Å². The molecule has 1 atom stereocenters. The Labute approximate surface area is 122 Å². The first kappa shape index (κ1) is 13.8. The molecule has 0 saturated carbocycles. The van der Waals surface area contributed by atoms with Gasteiger partial charge >= 0.3 is 0 Å². The van der Waals surface area contributed by atoms with Gasteiger partial charge in [0.05, 0.1) is 18.3 Å². The Hall–Kier alpha value is -2.18. The summed E-state index contributed by atoms with van der Waals surface area (Å²) in [5.74, 6) is 2.07. The van der Waals surface area contributed by atoms with Crippen LogP contribution in [0.25, 0.3) is 0 Å². The molecule has 7 heteroatoms. The van der Waals surface area contributed by atoms with Crippen LogP contribution in [0.4, 0.5) is 0 Å². The molecule has 1 amide bonds. The maximum Gasteiger partial charge on any atom is 0.292 e. The fourth-order valence-electron chi connectivity index (χ4n) is 2.70. The molecule has 0 aromatic carbocycles. The Morgan fingerprint density at radius 2 is 2.19 bits per heavy atom. The van der Waals surface area contributed by atoms with Crippen LogP contribution in [0.15, 0.2) is 10.6 Å². The molecule has 3 heterocycles. The molecule has 0 spiro atoms. The van der Waals surface area contributed by atoms with E-state index in [0.29, 0.717) is 13.1 Å². The van der Waals surface area contributed by atoms with E-state index < -0.39 is 0 Å². The van der Waals surface area contributed by atoms with Crippen molar-refractivity contribution in [3.05, 3.63) is 29.2 Å². The Bertz CT molecular complexity index is 673. The molecule has 0 radical (unpaired) electrons. The molecular formula is C14H19N5O2. The van der Waals surface area contributed by atoms with E-state index in [9.17, 15) is 4.79 Å². The first-order chi connectivity index (χ1) is 9.97. The van der Waals surface area contributed by atoms with Crippen LogP contribution in [0, 0.1) is 6.92 Å². The lowest BCUT2D eigenvalue weighted by Crippen LogP contribution is -2.40. The predicted molar refractivity (Wildman–Crippen MR) is 74.8 cm³/mol. The molecule has 112 valence electrons. The quantitative estimate of drug-likeness (QED) is 0.844. The van der Waals surface area contributed by atoms with Gasteiger partial charge in [-0.25, -0.2) is 0 Å². The molecule has 3 rings (SSSR count). The summed E-state index contributed by atoms with van der Waals surface area (Å²) >= 11 is 0. The second-order valence-corrected chi connectivity index (χ2v) is 5.84. The average Bonchev–Trinajstić information content (AvgIpc) is 3.05. The molecule has 1 aliphatic rings. The first-order valence-electron chi connectivity index (χ1n) is 7.13. The lowest BCUT2D eigenvalue weighted by molar-refractivity contribution is 0.0638. The van der Waals surface area contributed by atoms with Gasteiger partial charge in [0.25, 0.3) is 5.91 Å². The first-order valence-corrected chi connectivity index (χ1v) is 7.13. The molecule has 2 aromatic heterocycles. The van der Waals surface area contributed by atoms with Gasteiger partial charge in [-0.2, -0.15) is 0 Å². The number of carbonyl (C=O) groups excluding carboxylic acids is 1. The van der Waals surface area contributed by atoms with Gasteiger partial charge in [-0.05, 0) is 19.8 Å². The topological polar surface area (TPSA) is 77.1 Å². The summed E-state index contributed by atoms with van der Waals surface area (Å²) in [5.41, 5.74) is 0.794. The summed E-state index contributed by atoms with van der Waals surface area (Å²) in [5, 5.41) is 12.2. The molecular weight excluding hydrogens is 270 g/mol. The maximum atomic E-state index is 12.5. The minimum Gasteiger partial charge on any atom is -0.351 e. The van der Waals surface area contributed by atoms with Crippen LogP contribution < -0.4 is 0 Å². The zero-order valence-electron chi connectivity index (χ0n) is 12.7. The molecule has 0 bridgehead atoms. The summed E-state index contributed by atoms with van der Waals surface area (Å²) in [6.45, 7) is 9.07. The molecule has 1 unspecified atom stereocenters. The summed E-state index contributed by atoms with van der Waals surface area (Å²) < 4.78 is 7.26. The van der Waals surface area contributed by atoms with Crippen molar-refractivity contribution in [2.45, 2.75) is 46.2 Å². The summed E-state index contributed by atoms with van der Waals surface area (Å²) in [4.78, 5) is 14.3. The molecule has 7 nitrogen and oxygen atoms in total. The second kappa shape index (κ2) is 4.98. The van der Waals surface area contributed by atoms with Crippen molar-refractivity contribution in [3.8, 4) is 0 Å². The standard InChI is InChI=1S/C14H19N5O2/c1-8(2)11-5-12(21-17-11)14(20)18-6-9(3)19-10(4)15-16-13(19)7-18/h5,8-9H,6-7H2,1-4H3. The summed E-state index contributed by atoms with van der Waals surface area (Å²) in [7, 11) is 0. The Balaban J connectivity index is 1.83. The van der Waals surface area contributed by atoms with Crippen molar-refractivity contribution < 1.29 is 9.32 Å². The van der Waals surface area contributed by atoms with Crippen LogP contribution in [0.3, 0.4) is 0 Å².